The van der Waals surface area contributed by atoms with Gasteiger partial charge in [-0.1, -0.05) is 42.8 Å². The average molecular weight is 358 g/mol. The zero-order chi connectivity index (χ0) is 17.8. The molecule has 1 amide bonds. The Labute approximate surface area is 154 Å². The van der Waals surface area contributed by atoms with Crippen LogP contribution in [0, 0.1) is 0 Å². The molecule has 1 N–H and O–H groups in total. The third-order valence-corrected chi connectivity index (χ3v) is 4.95. The zero-order valence-corrected chi connectivity index (χ0v) is 15.5. The van der Waals surface area contributed by atoms with Gasteiger partial charge in [0, 0.05) is 5.02 Å². The summed E-state index contributed by atoms with van der Waals surface area (Å²) in [6.45, 7) is 3.95. The standard InChI is InChI=1S/C21H24ClNO2/c1-3-20(25-19-9-5-8-18(22)13-19)21(24)23-14(2)16-11-10-15-6-4-7-17(15)12-16/h5,8-14,20H,3-4,6-7H2,1-2H3,(H,23,24)/t14-,20+/m0/s1. The van der Waals surface area contributed by atoms with E-state index in [1.165, 1.54) is 24.0 Å². The van der Waals surface area contributed by atoms with Crippen LogP contribution in [0.3, 0.4) is 0 Å². The maximum Gasteiger partial charge on any atom is 0.261 e. The Morgan fingerprint density at radius 3 is 2.76 bits per heavy atom. The molecule has 0 aliphatic heterocycles. The maximum absolute atomic E-state index is 12.6. The molecule has 3 nitrogen and oxygen atoms in total. The first-order valence-corrected chi connectivity index (χ1v) is 9.29. The van der Waals surface area contributed by atoms with Crippen molar-refractivity contribution in [2.75, 3.05) is 0 Å². The lowest BCUT2D eigenvalue weighted by Gasteiger charge is -2.21. The fourth-order valence-electron chi connectivity index (χ4n) is 3.28. The quantitative estimate of drug-likeness (QED) is 0.801. The summed E-state index contributed by atoms with van der Waals surface area (Å²) >= 11 is 5.98. The van der Waals surface area contributed by atoms with Crippen LogP contribution < -0.4 is 10.1 Å². The van der Waals surface area contributed by atoms with Crippen LogP contribution in [0.5, 0.6) is 5.75 Å². The van der Waals surface area contributed by atoms with Crippen molar-refractivity contribution in [3.63, 3.8) is 0 Å². The molecular weight excluding hydrogens is 334 g/mol. The number of hydrogen-bond donors (Lipinski definition) is 1. The predicted molar refractivity (Wildman–Crippen MR) is 101 cm³/mol. The van der Waals surface area contributed by atoms with Gasteiger partial charge in [-0.05, 0) is 67.5 Å². The highest BCUT2D eigenvalue weighted by Gasteiger charge is 2.21. The summed E-state index contributed by atoms with van der Waals surface area (Å²) in [5.74, 6) is 0.509. The summed E-state index contributed by atoms with van der Waals surface area (Å²) in [6.07, 6.45) is 3.59. The van der Waals surface area contributed by atoms with Gasteiger partial charge in [0.15, 0.2) is 6.10 Å². The topological polar surface area (TPSA) is 38.3 Å². The van der Waals surface area contributed by atoms with Gasteiger partial charge in [-0.2, -0.15) is 0 Å². The second-order valence-corrected chi connectivity index (χ2v) is 7.02. The van der Waals surface area contributed by atoms with Crippen molar-refractivity contribution in [2.45, 2.75) is 51.7 Å². The van der Waals surface area contributed by atoms with Crippen molar-refractivity contribution >= 4 is 17.5 Å². The average Bonchev–Trinajstić information content (AvgIpc) is 3.07. The fraction of sp³-hybridized carbons (Fsp3) is 0.381. The van der Waals surface area contributed by atoms with Crippen LogP contribution in [0.1, 0.15) is 49.4 Å². The van der Waals surface area contributed by atoms with Crippen molar-refractivity contribution in [1.82, 2.24) is 5.32 Å². The molecule has 1 aliphatic rings. The minimum absolute atomic E-state index is 0.0459. The van der Waals surface area contributed by atoms with Crippen molar-refractivity contribution in [3.8, 4) is 5.75 Å². The minimum Gasteiger partial charge on any atom is -0.481 e. The van der Waals surface area contributed by atoms with E-state index in [-0.39, 0.29) is 11.9 Å². The number of hydrogen-bond acceptors (Lipinski definition) is 2. The first kappa shape index (κ1) is 17.8. The van der Waals surface area contributed by atoms with Gasteiger partial charge in [0.1, 0.15) is 5.75 Å². The second-order valence-electron chi connectivity index (χ2n) is 6.58. The van der Waals surface area contributed by atoms with E-state index >= 15 is 0 Å². The van der Waals surface area contributed by atoms with Crippen LogP contribution in [0.2, 0.25) is 5.02 Å². The highest BCUT2D eigenvalue weighted by atomic mass is 35.5. The number of halogens is 1. The van der Waals surface area contributed by atoms with E-state index in [1.54, 1.807) is 12.1 Å². The monoisotopic (exact) mass is 357 g/mol. The number of rotatable bonds is 6. The van der Waals surface area contributed by atoms with E-state index < -0.39 is 6.10 Å². The lowest BCUT2D eigenvalue weighted by atomic mass is 10.0. The smallest absolute Gasteiger partial charge is 0.261 e. The van der Waals surface area contributed by atoms with Crippen molar-refractivity contribution in [1.29, 1.82) is 0 Å². The van der Waals surface area contributed by atoms with E-state index in [4.69, 9.17) is 16.3 Å². The summed E-state index contributed by atoms with van der Waals surface area (Å²) in [6, 6.07) is 13.6. The SMILES string of the molecule is CC[C@@H](Oc1cccc(Cl)c1)C(=O)N[C@@H](C)c1ccc2c(c1)CCC2. The second kappa shape index (κ2) is 7.92. The summed E-state index contributed by atoms with van der Waals surface area (Å²) in [7, 11) is 0. The largest absolute Gasteiger partial charge is 0.481 e. The van der Waals surface area contributed by atoms with Crippen LogP contribution in [0.4, 0.5) is 0 Å². The van der Waals surface area contributed by atoms with E-state index in [0.717, 1.165) is 12.0 Å². The van der Waals surface area contributed by atoms with Crippen LogP contribution in [-0.2, 0) is 17.6 Å². The van der Waals surface area contributed by atoms with Crippen LogP contribution in [0.25, 0.3) is 0 Å². The van der Waals surface area contributed by atoms with Crippen molar-refractivity contribution in [3.05, 3.63) is 64.2 Å². The van der Waals surface area contributed by atoms with Gasteiger partial charge in [0.25, 0.3) is 5.91 Å². The molecule has 0 saturated heterocycles. The molecule has 132 valence electrons. The zero-order valence-electron chi connectivity index (χ0n) is 14.7. The molecule has 2 aromatic rings. The Morgan fingerprint density at radius 2 is 2.00 bits per heavy atom. The Morgan fingerprint density at radius 1 is 1.20 bits per heavy atom. The molecule has 25 heavy (non-hydrogen) atoms. The summed E-state index contributed by atoms with van der Waals surface area (Å²) in [5, 5.41) is 3.67. The number of aryl methyl sites for hydroxylation is 2. The lowest BCUT2D eigenvalue weighted by Crippen LogP contribution is -2.39. The van der Waals surface area contributed by atoms with Crippen LogP contribution >= 0.6 is 11.6 Å². The Balaban J connectivity index is 1.65. The van der Waals surface area contributed by atoms with Gasteiger partial charge >= 0.3 is 0 Å². The first-order chi connectivity index (χ1) is 12.1. The van der Waals surface area contributed by atoms with Crippen molar-refractivity contribution < 1.29 is 9.53 Å². The molecule has 0 unspecified atom stereocenters. The molecule has 4 heteroatoms. The molecule has 1 aliphatic carbocycles. The molecule has 0 fully saturated rings. The third kappa shape index (κ3) is 4.35. The summed E-state index contributed by atoms with van der Waals surface area (Å²) < 4.78 is 5.82. The Hall–Kier alpha value is -2.00. The number of ether oxygens (including phenoxy) is 1. The van der Waals surface area contributed by atoms with Gasteiger partial charge in [0.2, 0.25) is 0 Å². The molecule has 3 rings (SSSR count). The molecule has 0 saturated carbocycles. The van der Waals surface area contributed by atoms with Gasteiger partial charge in [-0.3, -0.25) is 4.79 Å². The van der Waals surface area contributed by atoms with Crippen molar-refractivity contribution in [2.24, 2.45) is 0 Å². The molecule has 0 bridgehead atoms. The van der Waals surface area contributed by atoms with E-state index in [1.807, 2.05) is 26.0 Å². The number of nitrogens with one attached hydrogen (secondary N) is 1. The number of benzene rings is 2. The van der Waals surface area contributed by atoms with Gasteiger partial charge in [-0.25, -0.2) is 0 Å². The normalized spacial score (nSPS) is 15.3. The van der Waals surface area contributed by atoms with Gasteiger partial charge < -0.3 is 10.1 Å². The molecule has 2 atom stereocenters. The van der Waals surface area contributed by atoms with Gasteiger partial charge in [-0.15, -0.1) is 0 Å². The fourth-order valence-corrected chi connectivity index (χ4v) is 3.46. The van der Waals surface area contributed by atoms with E-state index in [2.05, 4.69) is 23.5 Å². The number of amides is 1. The number of carbonyl (C=O) groups is 1. The van der Waals surface area contributed by atoms with Crippen LogP contribution in [0.15, 0.2) is 42.5 Å². The lowest BCUT2D eigenvalue weighted by molar-refractivity contribution is -0.128. The minimum atomic E-state index is -0.532. The maximum atomic E-state index is 12.6. The summed E-state index contributed by atoms with van der Waals surface area (Å²) in [4.78, 5) is 12.6. The first-order valence-electron chi connectivity index (χ1n) is 8.91. The molecular formula is C21H24ClNO2. The molecule has 0 spiro atoms. The molecule has 0 heterocycles. The number of fused-ring (bicyclic) bond motifs is 1. The Kier molecular flexibility index (Phi) is 5.64. The molecule has 0 radical (unpaired) electrons. The predicted octanol–water partition coefficient (Wildman–Crippen LogP) is 4.86. The van der Waals surface area contributed by atoms with E-state index in [9.17, 15) is 4.79 Å². The highest BCUT2D eigenvalue weighted by molar-refractivity contribution is 6.30. The number of carbonyl (C=O) groups excluding carboxylic acids is 1. The highest BCUT2D eigenvalue weighted by Crippen LogP contribution is 2.25. The van der Waals surface area contributed by atoms with Crippen LogP contribution in [-0.4, -0.2) is 12.0 Å². The molecule has 2 aromatic carbocycles. The van der Waals surface area contributed by atoms with E-state index in [0.29, 0.717) is 17.2 Å². The van der Waals surface area contributed by atoms with Gasteiger partial charge in [0.05, 0.1) is 6.04 Å². The summed E-state index contributed by atoms with van der Waals surface area (Å²) in [5.41, 5.74) is 4.01. The Bertz CT molecular complexity index is 759. The molecule has 0 aromatic heterocycles. The third-order valence-electron chi connectivity index (χ3n) is 4.72.